The van der Waals surface area contributed by atoms with E-state index >= 15 is 0 Å². The summed E-state index contributed by atoms with van der Waals surface area (Å²) in [5.74, 6) is 0. The molecule has 0 atom stereocenters. The van der Waals surface area contributed by atoms with Crippen LogP contribution in [0.5, 0.6) is 0 Å². The van der Waals surface area contributed by atoms with Gasteiger partial charge in [0.05, 0.1) is 0 Å². The van der Waals surface area contributed by atoms with Crippen molar-refractivity contribution in [2.24, 2.45) is 5.16 Å². The second kappa shape index (κ2) is 2.59. The Kier molecular flexibility index (Phi) is 2.37. The van der Waals surface area contributed by atoms with Gasteiger partial charge in [-0.3, -0.25) is 14.4 Å². The molecule has 0 unspecified atom stereocenters. The van der Waals surface area contributed by atoms with Crippen LogP contribution in [0.1, 0.15) is 0 Å². The van der Waals surface area contributed by atoms with Crippen molar-refractivity contribution in [1.82, 2.24) is 0 Å². The van der Waals surface area contributed by atoms with E-state index in [2.05, 4.69) is 9.78 Å². The number of isocyanates is 1. The van der Waals surface area contributed by atoms with Crippen molar-refractivity contribution in [1.29, 1.82) is 0 Å². The predicted molar refractivity (Wildman–Crippen MR) is 21.3 cm³/mol. The summed E-state index contributed by atoms with van der Waals surface area (Å²) in [5, 5.41) is 2.17. The third kappa shape index (κ3) is 5.33. The molecule has 8 heavy (non-hydrogen) atoms. The minimum atomic E-state index is -4.61. The molecule has 0 heterocycles. The molecule has 0 aliphatic heterocycles. The van der Waals surface area contributed by atoms with Crippen molar-refractivity contribution in [2.75, 3.05) is 0 Å². The summed E-state index contributed by atoms with van der Waals surface area (Å²) >= 11 is 0. The molecular formula is CH2NO5P. The fourth-order valence-corrected chi connectivity index (χ4v) is 0.210. The lowest BCUT2D eigenvalue weighted by atomic mass is 11.7. The van der Waals surface area contributed by atoms with Crippen LogP contribution < -0.4 is 0 Å². The van der Waals surface area contributed by atoms with Gasteiger partial charge in [0.15, 0.2) is 0 Å². The van der Waals surface area contributed by atoms with Crippen LogP contribution in [0, 0.1) is 0 Å². The van der Waals surface area contributed by atoms with Crippen molar-refractivity contribution in [3.8, 4) is 0 Å². The summed E-state index contributed by atoms with van der Waals surface area (Å²) in [5.41, 5.74) is 0. The Hall–Kier alpha value is -0.670. The molecule has 7 heteroatoms. The molecule has 0 aliphatic carbocycles. The fourth-order valence-electron chi connectivity index (χ4n) is 0.0698. The van der Waals surface area contributed by atoms with E-state index in [1.54, 1.807) is 0 Å². The van der Waals surface area contributed by atoms with Gasteiger partial charge in [-0.05, 0) is 0 Å². The highest BCUT2D eigenvalue weighted by atomic mass is 31.2. The Morgan fingerprint density at radius 3 is 2.25 bits per heavy atom. The molecule has 0 bridgehead atoms. The van der Waals surface area contributed by atoms with E-state index in [-0.39, 0.29) is 0 Å². The van der Waals surface area contributed by atoms with Gasteiger partial charge in [-0.2, -0.15) is 0 Å². The number of hydrogen-bond donors (Lipinski definition) is 2. The molecule has 0 aliphatic rings. The molecule has 0 radical (unpaired) electrons. The van der Waals surface area contributed by atoms with Crippen molar-refractivity contribution in [3.63, 3.8) is 0 Å². The van der Waals surface area contributed by atoms with Crippen LogP contribution in [-0.2, 0) is 14.0 Å². The van der Waals surface area contributed by atoms with Crippen LogP contribution >= 0.6 is 7.82 Å². The highest BCUT2D eigenvalue weighted by molar-refractivity contribution is 7.46. The van der Waals surface area contributed by atoms with E-state index in [1.807, 2.05) is 0 Å². The molecule has 0 aromatic heterocycles. The van der Waals surface area contributed by atoms with Crippen LogP contribution in [0.3, 0.4) is 0 Å². The summed E-state index contributed by atoms with van der Waals surface area (Å²) in [4.78, 5) is 24.6. The minimum Gasteiger partial charge on any atom is -0.292 e. The third-order valence-corrected chi connectivity index (χ3v) is 0.479. The molecule has 46 valence electrons. The van der Waals surface area contributed by atoms with E-state index in [4.69, 9.17) is 14.6 Å². The molecule has 0 rings (SSSR count). The van der Waals surface area contributed by atoms with E-state index < -0.39 is 7.82 Å². The fraction of sp³-hybridized carbons (Fsp3) is 0. The first-order valence-corrected chi connectivity index (χ1v) is 2.91. The Morgan fingerprint density at radius 2 is 2.12 bits per heavy atom. The Balaban J connectivity index is 3.74. The summed E-state index contributed by atoms with van der Waals surface area (Å²) in [7, 11) is -4.61. The number of phosphoric acid groups is 1. The maximum absolute atomic E-state index is 9.59. The Labute approximate surface area is 44.0 Å². The Morgan fingerprint density at radius 1 is 1.62 bits per heavy atom. The van der Waals surface area contributed by atoms with Crippen molar-refractivity contribution < 1.29 is 23.8 Å². The summed E-state index contributed by atoms with van der Waals surface area (Å²) in [6.07, 6.45) is 0.785. The molecule has 0 amide bonds. The average molecular weight is 139 g/mol. The van der Waals surface area contributed by atoms with Gasteiger partial charge < -0.3 is 0 Å². The standard InChI is InChI=1S/CH2NO5P/c3-1-2-7-8(4,5)6/h(H2,4,5,6). The summed E-state index contributed by atoms with van der Waals surface area (Å²) in [6, 6.07) is 0. The lowest BCUT2D eigenvalue weighted by Gasteiger charge is -1.92. The van der Waals surface area contributed by atoms with Gasteiger partial charge in [-0.25, -0.2) is 9.36 Å². The lowest BCUT2D eigenvalue weighted by Crippen LogP contribution is -1.76. The van der Waals surface area contributed by atoms with E-state index in [0.29, 0.717) is 0 Å². The van der Waals surface area contributed by atoms with Crippen LogP contribution in [0.2, 0.25) is 0 Å². The molecule has 0 saturated heterocycles. The first kappa shape index (κ1) is 7.33. The first-order chi connectivity index (χ1) is 3.56. The maximum Gasteiger partial charge on any atom is 0.545 e. The average Bonchev–Trinajstić information content (AvgIpc) is 1.59. The first-order valence-electron chi connectivity index (χ1n) is 1.38. The summed E-state index contributed by atoms with van der Waals surface area (Å²) in [6.45, 7) is 0. The zero-order valence-electron chi connectivity index (χ0n) is 3.51. The molecule has 0 fully saturated rings. The van der Waals surface area contributed by atoms with Crippen LogP contribution in [0.25, 0.3) is 0 Å². The summed E-state index contributed by atoms with van der Waals surface area (Å²) < 4.78 is 12.8. The van der Waals surface area contributed by atoms with E-state index in [0.717, 1.165) is 6.08 Å². The molecule has 0 spiro atoms. The number of carbonyl (C=O) groups excluding carboxylic acids is 1. The Bertz CT molecular complexity index is 152. The van der Waals surface area contributed by atoms with Crippen molar-refractivity contribution in [3.05, 3.63) is 0 Å². The van der Waals surface area contributed by atoms with Gasteiger partial charge in [-0.15, -0.1) is 0 Å². The van der Waals surface area contributed by atoms with Crippen LogP contribution in [0.15, 0.2) is 5.16 Å². The molecular weight excluding hydrogens is 137 g/mol. The zero-order chi connectivity index (χ0) is 6.62. The number of hydrogen-bond acceptors (Lipinski definition) is 4. The van der Waals surface area contributed by atoms with E-state index in [1.165, 1.54) is 0 Å². The quantitative estimate of drug-likeness (QED) is 0.229. The van der Waals surface area contributed by atoms with Crippen molar-refractivity contribution >= 4 is 13.9 Å². The topological polar surface area (TPSA) is 96.2 Å². The number of nitrogens with zero attached hydrogens (tertiary/aromatic N) is 1. The molecule has 6 nitrogen and oxygen atoms in total. The molecule has 2 N–H and O–H groups in total. The van der Waals surface area contributed by atoms with Gasteiger partial charge >= 0.3 is 7.82 Å². The maximum atomic E-state index is 9.59. The number of rotatable bonds is 2. The second-order valence-corrected chi connectivity index (χ2v) is 1.90. The zero-order valence-corrected chi connectivity index (χ0v) is 4.41. The lowest BCUT2D eigenvalue weighted by molar-refractivity contribution is 0.204. The third-order valence-electron chi connectivity index (χ3n) is 0.184. The molecule has 0 saturated carbocycles. The molecule has 0 aromatic rings. The smallest absolute Gasteiger partial charge is 0.292 e. The van der Waals surface area contributed by atoms with Gasteiger partial charge in [0.2, 0.25) is 0 Å². The predicted octanol–water partition coefficient (Wildman–Crippen LogP) is -0.654. The molecule has 0 aromatic carbocycles. The SMILES string of the molecule is O=C=NOP(=O)(O)O. The van der Waals surface area contributed by atoms with Crippen LogP contribution in [-0.4, -0.2) is 15.9 Å². The largest absolute Gasteiger partial charge is 0.545 e. The van der Waals surface area contributed by atoms with Crippen LogP contribution in [0.4, 0.5) is 0 Å². The minimum absolute atomic E-state index is 0.785. The highest BCUT2D eigenvalue weighted by Gasteiger charge is 2.13. The normalized spacial score (nSPS) is 9.75. The van der Waals surface area contributed by atoms with Crippen molar-refractivity contribution in [2.45, 2.75) is 0 Å². The van der Waals surface area contributed by atoms with E-state index in [9.17, 15) is 4.57 Å². The van der Waals surface area contributed by atoms with Gasteiger partial charge in [-0.1, -0.05) is 0 Å². The second-order valence-electron chi connectivity index (χ2n) is 0.755. The van der Waals surface area contributed by atoms with Gasteiger partial charge in [0, 0.05) is 5.16 Å². The monoisotopic (exact) mass is 139 g/mol. The van der Waals surface area contributed by atoms with Gasteiger partial charge in [0.25, 0.3) is 6.08 Å². The van der Waals surface area contributed by atoms with Gasteiger partial charge in [0.1, 0.15) is 0 Å². The highest BCUT2D eigenvalue weighted by Crippen LogP contribution is 2.35.